The van der Waals surface area contributed by atoms with Gasteiger partial charge >= 0.3 is 5.97 Å². The molecule has 17 heavy (non-hydrogen) atoms. The molecular weight excluding hydrogens is 223 g/mol. The molecule has 0 bridgehead atoms. The van der Waals surface area contributed by atoms with E-state index in [-0.39, 0.29) is 17.3 Å². The summed E-state index contributed by atoms with van der Waals surface area (Å²) in [6.45, 7) is 2.13. The van der Waals surface area contributed by atoms with E-state index in [0.29, 0.717) is 11.6 Å². The van der Waals surface area contributed by atoms with Crippen LogP contribution in [0.15, 0.2) is 12.1 Å². The highest BCUT2D eigenvalue weighted by molar-refractivity contribution is 6.00. The van der Waals surface area contributed by atoms with Crippen molar-refractivity contribution in [2.45, 2.75) is 25.8 Å². The molecule has 0 amide bonds. The van der Waals surface area contributed by atoms with Crippen LogP contribution in [0.5, 0.6) is 0 Å². The number of halogens is 1. The van der Waals surface area contributed by atoms with Gasteiger partial charge in [-0.05, 0) is 30.9 Å². The normalized spacial score (nSPS) is 22.9. The maximum Gasteiger partial charge on any atom is 0.340 e. The van der Waals surface area contributed by atoms with Gasteiger partial charge in [-0.2, -0.15) is 0 Å². The van der Waals surface area contributed by atoms with Gasteiger partial charge in [-0.15, -0.1) is 0 Å². The molecule has 0 spiro atoms. The van der Waals surface area contributed by atoms with Crippen LogP contribution in [-0.2, 0) is 0 Å². The number of rotatable bonds is 3. The molecule has 0 atom stereocenters. The van der Waals surface area contributed by atoms with Crippen molar-refractivity contribution in [3.8, 4) is 0 Å². The van der Waals surface area contributed by atoms with Crippen LogP contribution in [0.2, 0.25) is 0 Å². The Hall–Kier alpha value is -1.78. The van der Waals surface area contributed by atoms with E-state index in [1.54, 1.807) is 0 Å². The van der Waals surface area contributed by atoms with Gasteiger partial charge in [0.25, 0.3) is 0 Å². The molecule has 1 fully saturated rings. The van der Waals surface area contributed by atoms with Crippen molar-refractivity contribution >= 4 is 17.3 Å². The number of carbonyl (C=O) groups is 1. The predicted molar refractivity (Wildman–Crippen MR) is 63.6 cm³/mol. The van der Waals surface area contributed by atoms with Crippen LogP contribution in [0.4, 0.5) is 15.8 Å². The number of carboxylic acids is 1. The summed E-state index contributed by atoms with van der Waals surface area (Å²) in [5.74, 6) is -1.26. The van der Waals surface area contributed by atoms with E-state index in [1.165, 1.54) is 12.1 Å². The number of nitrogens with one attached hydrogen (secondary N) is 1. The summed E-state index contributed by atoms with van der Waals surface area (Å²) in [4.78, 5) is 11.1. The van der Waals surface area contributed by atoms with Crippen LogP contribution < -0.4 is 11.1 Å². The van der Waals surface area contributed by atoms with Crippen molar-refractivity contribution in [1.82, 2.24) is 0 Å². The molecule has 1 aliphatic rings. The molecule has 0 radical (unpaired) electrons. The third kappa shape index (κ3) is 2.18. The van der Waals surface area contributed by atoms with E-state index in [2.05, 4.69) is 12.2 Å². The van der Waals surface area contributed by atoms with Crippen molar-refractivity contribution in [2.75, 3.05) is 11.1 Å². The summed E-state index contributed by atoms with van der Waals surface area (Å²) >= 11 is 0. The topological polar surface area (TPSA) is 75.3 Å². The average Bonchev–Trinajstić information content (AvgIpc) is 2.20. The third-order valence-corrected chi connectivity index (χ3v) is 3.14. The first-order chi connectivity index (χ1) is 7.99. The number of aromatic carboxylic acids is 1. The van der Waals surface area contributed by atoms with E-state index in [1.807, 2.05) is 0 Å². The fraction of sp³-hybridized carbons (Fsp3) is 0.417. The van der Waals surface area contributed by atoms with Crippen LogP contribution in [0.1, 0.15) is 30.1 Å². The predicted octanol–water partition coefficient (Wildman–Crippen LogP) is 2.32. The molecule has 0 unspecified atom stereocenters. The molecule has 0 heterocycles. The fourth-order valence-corrected chi connectivity index (χ4v) is 2.18. The first kappa shape index (κ1) is 11.7. The molecule has 92 valence electrons. The second-order valence-corrected chi connectivity index (χ2v) is 4.61. The molecule has 1 saturated carbocycles. The van der Waals surface area contributed by atoms with Crippen LogP contribution in [0.3, 0.4) is 0 Å². The van der Waals surface area contributed by atoms with Crippen LogP contribution in [-0.4, -0.2) is 17.1 Å². The van der Waals surface area contributed by atoms with Crippen LogP contribution >= 0.6 is 0 Å². The van der Waals surface area contributed by atoms with Gasteiger partial charge in [-0.25, -0.2) is 9.18 Å². The highest BCUT2D eigenvalue weighted by Crippen LogP contribution is 2.32. The first-order valence-corrected chi connectivity index (χ1v) is 5.57. The van der Waals surface area contributed by atoms with Gasteiger partial charge in [0.15, 0.2) is 0 Å². The quantitative estimate of drug-likeness (QED) is 0.706. The minimum Gasteiger partial charge on any atom is -0.478 e. The number of nitrogen functional groups attached to an aromatic ring is 1. The highest BCUT2D eigenvalue weighted by atomic mass is 19.1. The summed E-state index contributed by atoms with van der Waals surface area (Å²) in [7, 11) is 0. The van der Waals surface area contributed by atoms with Crippen molar-refractivity contribution < 1.29 is 14.3 Å². The van der Waals surface area contributed by atoms with Gasteiger partial charge in [0, 0.05) is 6.04 Å². The maximum absolute atomic E-state index is 13.2. The minimum atomic E-state index is -1.21. The van der Waals surface area contributed by atoms with Crippen molar-refractivity contribution in [1.29, 1.82) is 0 Å². The Labute approximate surface area is 98.6 Å². The molecule has 0 aliphatic heterocycles. The zero-order valence-electron chi connectivity index (χ0n) is 9.53. The molecule has 0 aromatic heterocycles. The van der Waals surface area contributed by atoms with Crippen LogP contribution in [0.25, 0.3) is 0 Å². The number of hydrogen-bond donors (Lipinski definition) is 3. The molecule has 4 nitrogen and oxygen atoms in total. The number of carboxylic acid groups (broad SMARTS) is 1. The van der Waals surface area contributed by atoms with Crippen molar-refractivity contribution in [2.24, 2.45) is 5.92 Å². The van der Waals surface area contributed by atoms with E-state index < -0.39 is 11.8 Å². The van der Waals surface area contributed by atoms with E-state index in [4.69, 9.17) is 10.8 Å². The zero-order chi connectivity index (χ0) is 12.6. The Morgan fingerprint density at radius 3 is 2.71 bits per heavy atom. The lowest BCUT2D eigenvalue weighted by molar-refractivity contribution is 0.0698. The minimum absolute atomic E-state index is 0.176. The molecule has 1 aromatic carbocycles. The standard InChI is InChI=1S/C12H15FN2O2/c1-6-4-7(5-6)15-9-3-2-8(13)11(14)10(9)12(16)17/h2-3,6-7,15H,4-5,14H2,1H3,(H,16,17). The number of nitrogens with two attached hydrogens (primary N) is 1. The maximum atomic E-state index is 13.2. The Morgan fingerprint density at radius 1 is 1.53 bits per heavy atom. The summed E-state index contributed by atoms with van der Waals surface area (Å²) in [5, 5.41) is 12.1. The lowest BCUT2D eigenvalue weighted by Crippen LogP contribution is -2.34. The van der Waals surface area contributed by atoms with Gasteiger partial charge < -0.3 is 16.2 Å². The summed E-state index contributed by atoms with van der Waals surface area (Å²) in [5.41, 5.74) is 5.36. The molecular formula is C12H15FN2O2. The lowest BCUT2D eigenvalue weighted by Gasteiger charge is -2.34. The number of benzene rings is 1. The second-order valence-electron chi connectivity index (χ2n) is 4.61. The summed E-state index contributed by atoms with van der Waals surface area (Å²) in [6, 6.07) is 2.87. The lowest BCUT2D eigenvalue weighted by atomic mass is 9.81. The van der Waals surface area contributed by atoms with Crippen molar-refractivity contribution in [3.63, 3.8) is 0 Å². The molecule has 5 heteroatoms. The molecule has 0 saturated heterocycles. The van der Waals surface area contributed by atoms with Gasteiger partial charge in [0.1, 0.15) is 11.4 Å². The zero-order valence-corrected chi connectivity index (χ0v) is 9.53. The molecule has 1 aliphatic carbocycles. The first-order valence-electron chi connectivity index (χ1n) is 5.57. The van der Waals surface area contributed by atoms with E-state index in [0.717, 1.165) is 12.8 Å². The van der Waals surface area contributed by atoms with Gasteiger partial charge in [-0.3, -0.25) is 0 Å². The van der Waals surface area contributed by atoms with Gasteiger partial charge in [-0.1, -0.05) is 6.92 Å². The van der Waals surface area contributed by atoms with Crippen molar-refractivity contribution in [3.05, 3.63) is 23.5 Å². The molecule has 2 rings (SSSR count). The Balaban J connectivity index is 2.27. The second kappa shape index (κ2) is 4.24. The van der Waals surface area contributed by atoms with Crippen LogP contribution in [0, 0.1) is 11.7 Å². The largest absolute Gasteiger partial charge is 0.478 e. The number of anilines is 2. The van der Waals surface area contributed by atoms with Gasteiger partial charge in [0.05, 0.1) is 11.4 Å². The Kier molecular flexibility index (Phi) is 2.92. The highest BCUT2D eigenvalue weighted by Gasteiger charge is 2.27. The Bertz CT molecular complexity index is 456. The fourth-order valence-electron chi connectivity index (χ4n) is 2.18. The Morgan fingerprint density at radius 2 is 2.18 bits per heavy atom. The number of hydrogen-bond acceptors (Lipinski definition) is 3. The molecule has 1 aromatic rings. The van der Waals surface area contributed by atoms with E-state index >= 15 is 0 Å². The monoisotopic (exact) mass is 238 g/mol. The van der Waals surface area contributed by atoms with Gasteiger partial charge in [0.2, 0.25) is 0 Å². The van der Waals surface area contributed by atoms with E-state index in [9.17, 15) is 9.18 Å². The summed E-state index contributed by atoms with van der Waals surface area (Å²) in [6.07, 6.45) is 1.99. The summed E-state index contributed by atoms with van der Waals surface area (Å²) < 4.78 is 13.2. The smallest absolute Gasteiger partial charge is 0.340 e. The SMILES string of the molecule is CC1CC(Nc2ccc(F)c(N)c2C(=O)O)C1. The third-order valence-electron chi connectivity index (χ3n) is 3.14. The average molecular weight is 238 g/mol. The molecule has 4 N–H and O–H groups in total.